The van der Waals surface area contributed by atoms with Crippen LogP contribution >= 0.6 is 27.3 Å². The first-order valence-corrected chi connectivity index (χ1v) is 5.88. The molecule has 14 heavy (non-hydrogen) atoms. The zero-order valence-electron chi connectivity index (χ0n) is 7.88. The predicted molar refractivity (Wildman–Crippen MR) is 60.6 cm³/mol. The molecule has 1 heterocycles. The predicted octanol–water partition coefficient (Wildman–Crippen LogP) is 1.82. The van der Waals surface area contributed by atoms with Crippen molar-refractivity contribution in [3.8, 4) is 0 Å². The number of halogens is 1. The maximum atomic E-state index is 11.3. The minimum absolute atomic E-state index is 0.0383. The second-order valence-corrected chi connectivity index (χ2v) is 4.66. The molecule has 0 unspecified atom stereocenters. The summed E-state index contributed by atoms with van der Waals surface area (Å²) in [6.45, 7) is 1.13. The van der Waals surface area contributed by atoms with Gasteiger partial charge >= 0.3 is 0 Å². The first kappa shape index (κ1) is 11.7. The van der Waals surface area contributed by atoms with E-state index in [9.17, 15) is 4.79 Å². The summed E-state index contributed by atoms with van der Waals surface area (Å²) in [4.78, 5) is 12.4. The van der Waals surface area contributed by atoms with Crippen LogP contribution in [0.25, 0.3) is 0 Å². The lowest BCUT2D eigenvalue weighted by Gasteiger charge is -2.02. The quantitative estimate of drug-likeness (QED) is 0.834. The molecule has 0 aliphatic heterocycles. The van der Waals surface area contributed by atoms with Crippen LogP contribution in [0.5, 0.6) is 0 Å². The second kappa shape index (κ2) is 6.16. The number of rotatable bonds is 5. The Morgan fingerprint density at radius 2 is 2.50 bits per heavy atom. The van der Waals surface area contributed by atoms with Gasteiger partial charge in [-0.15, -0.1) is 11.3 Å². The molecule has 0 spiro atoms. The minimum atomic E-state index is 0.0383. The van der Waals surface area contributed by atoms with Gasteiger partial charge in [-0.1, -0.05) is 0 Å². The van der Waals surface area contributed by atoms with Crippen molar-refractivity contribution >= 4 is 33.2 Å². The summed E-state index contributed by atoms with van der Waals surface area (Å²) in [5.74, 6) is 0.0383. The molecule has 0 radical (unpaired) electrons. The Bertz CT molecular complexity index is 301. The van der Waals surface area contributed by atoms with Crippen LogP contribution in [0.15, 0.2) is 15.9 Å². The molecule has 5 heteroatoms. The average molecular weight is 278 g/mol. The highest BCUT2D eigenvalue weighted by atomic mass is 79.9. The highest BCUT2D eigenvalue weighted by molar-refractivity contribution is 9.10. The zero-order valence-corrected chi connectivity index (χ0v) is 10.3. The molecule has 0 bridgehead atoms. The van der Waals surface area contributed by atoms with Gasteiger partial charge in [0.2, 0.25) is 5.91 Å². The van der Waals surface area contributed by atoms with Crippen LogP contribution < -0.4 is 5.32 Å². The largest absolute Gasteiger partial charge is 0.383 e. The van der Waals surface area contributed by atoms with Gasteiger partial charge in [0, 0.05) is 28.4 Å². The first-order chi connectivity index (χ1) is 6.72. The van der Waals surface area contributed by atoms with Crippen molar-refractivity contribution in [3.05, 3.63) is 20.8 Å². The van der Waals surface area contributed by atoms with Crippen molar-refractivity contribution in [2.45, 2.75) is 6.42 Å². The molecule has 3 nitrogen and oxygen atoms in total. The van der Waals surface area contributed by atoms with Crippen LogP contribution in [-0.2, 0) is 16.0 Å². The fourth-order valence-corrected chi connectivity index (χ4v) is 2.41. The molecule has 0 saturated carbocycles. The number of nitrogens with one attached hydrogen (secondary N) is 1. The molecule has 1 aromatic heterocycles. The fourth-order valence-electron chi connectivity index (χ4n) is 0.960. The highest BCUT2D eigenvalue weighted by Crippen LogP contribution is 2.19. The molecule has 1 amide bonds. The van der Waals surface area contributed by atoms with Crippen molar-refractivity contribution in [1.29, 1.82) is 0 Å². The SMILES string of the molecule is COCCNC(=O)Cc1cc(Br)cs1. The van der Waals surface area contributed by atoms with E-state index < -0.39 is 0 Å². The molecular weight excluding hydrogens is 266 g/mol. The topological polar surface area (TPSA) is 38.3 Å². The Balaban J connectivity index is 2.27. The molecule has 0 saturated heterocycles. The van der Waals surface area contributed by atoms with Crippen LogP contribution in [0.3, 0.4) is 0 Å². The van der Waals surface area contributed by atoms with E-state index >= 15 is 0 Å². The summed E-state index contributed by atoms with van der Waals surface area (Å²) in [5.41, 5.74) is 0. The van der Waals surface area contributed by atoms with Gasteiger partial charge in [0.25, 0.3) is 0 Å². The smallest absolute Gasteiger partial charge is 0.225 e. The van der Waals surface area contributed by atoms with Crippen molar-refractivity contribution < 1.29 is 9.53 Å². The zero-order chi connectivity index (χ0) is 10.4. The Kier molecular flexibility index (Phi) is 5.14. The molecule has 78 valence electrons. The standard InChI is InChI=1S/C9H12BrNO2S/c1-13-3-2-11-9(12)5-8-4-7(10)6-14-8/h4,6H,2-3,5H2,1H3,(H,11,12). The van der Waals surface area contributed by atoms with Crippen LogP contribution in [0.1, 0.15) is 4.88 Å². The van der Waals surface area contributed by atoms with Crippen molar-refractivity contribution in [2.24, 2.45) is 0 Å². The highest BCUT2D eigenvalue weighted by Gasteiger charge is 2.04. The van der Waals surface area contributed by atoms with Gasteiger partial charge in [0.05, 0.1) is 13.0 Å². The molecular formula is C9H12BrNO2S. The summed E-state index contributed by atoms with van der Waals surface area (Å²) in [6.07, 6.45) is 0.444. The van der Waals surface area contributed by atoms with Gasteiger partial charge < -0.3 is 10.1 Å². The maximum Gasteiger partial charge on any atom is 0.225 e. The van der Waals surface area contributed by atoms with E-state index in [0.717, 1.165) is 9.35 Å². The van der Waals surface area contributed by atoms with Crippen molar-refractivity contribution in [3.63, 3.8) is 0 Å². The number of thiophene rings is 1. The number of amides is 1. The average Bonchev–Trinajstić information content (AvgIpc) is 2.52. The molecule has 0 aromatic carbocycles. The van der Waals surface area contributed by atoms with Crippen molar-refractivity contribution in [2.75, 3.05) is 20.3 Å². The number of hydrogen-bond donors (Lipinski definition) is 1. The lowest BCUT2D eigenvalue weighted by atomic mass is 10.3. The molecule has 0 aliphatic carbocycles. The first-order valence-electron chi connectivity index (χ1n) is 4.21. The van der Waals surface area contributed by atoms with Gasteiger partial charge in [-0.25, -0.2) is 0 Å². The molecule has 0 atom stereocenters. The monoisotopic (exact) mass is 277 g/mol. The molecule has 1 N–H and O–H groups in total. The maximum absolute atomic E-state index is 11.3. The lowest BCUT2D eigenvalue weighted by Crippen LogP contribution is -2.28. The molecule has 0 fully saturated rings. The minimum Gasteiger partial charge on any atom is -0.383 e. The van der Waals surface area contributed by atoms with Gasteiger partial charge in [0.15, 0.2) is 0 Å². The van der Waals surface area contributed by atoms with Crippen LogP contribution in [-0.4, -0.2) is 26.2 Å². The normalized spacial score (nSPS) is 10.1. The number of ether oxygens (including phenoxy) is 1. The summed E-state index contributed by atoms with van der Waals surface area (Å²) in [7, 11) is 1.61. The summed E-state index contributed by atoms with van der Waals surface area (Å²) >= 11 is 4.92. The van der Waals surface area contributed by atoms with Gasteiger partial charge in [-0.2, -0.15) is 0 Å². The van der Waals surface area contributed by atoms with E-state index in [4.69, 9.17) is 4.74 Å². The van der Waals surface area contributed by atoms with E-state index in [1.165, 1.54) is 0 Å². The van der Waals surface area contributed by atoms with Gasteiger partial charge in [0.1, 0.15) is 0 Å². The fraction of sp³-hybridized carbons (Fsp3) is 0.444. The molecule has 1 rings (SSSR count). The van der Waals surface area contributed by atoms with E-state index in [2.05, 4.69) is 21.2 Å². The third-order valence-electron chi connectivity index (χ3n) is 1.58. The third kappa shape index (κ3) is 4.21. The number of carbonyl (C=O) groups excluding carboxylic acids is 1. The molecule has 0 aliphatic rings. The Labute approximate surface area is 95.6 Å². The van der Waals surface area contributed by atoms with Crippen LogP contribution in [0.4, 0.5) is 0 Å². The van der Waals surface area contributed by atoms with Crippen LogP contribution in [0, 0.1) is 0 Å². The van der Waals surface area contributed by atoms with E-state index in [-0.39, 0.29) is 5.91 Å². The lowest BCUT2D eigenvalue weighted by molar-refractivity contribution is -0.120. The number of carbonyl (C=O) groups is 1. The van der Waals surface area contributed by atoms with Gasteiger partial charge in [-0.3, -0.25) is 4.79 Å². The Morgan fingerprint density at radius 1 is 1.71 bits per heavy atom. The van der Waals surface area contributed by atoms with Gasteiger partial charge in [-0.05, 0) is 22.0 Å². The molecule has 1 aromatic rings. The second-order valence-electron chi connectivity index (χ2n) is 2.75. The number of hydrogen-bond acceptors (Lipinski definition) is 3. The van der Waals surface area contributed by atoms with E-state index in [0.29, 0.717) is 19.6 Å². The summed E-state index contributed by atoms with van der Waals surface area (Å²) in [5, 5.41) is 4.74. The number of methoxy groups -OCH3 is 1. The third-order valence-corrected chi connectivity index (χ3v) is 3.28. The van der Waals surface area contributed by atoms with E-state index in [1.807, 2.05) is 11.4 Å². The van der Waals surface area contributed by atoms with E-state index in [1.54, 1.807) is 18.4 Å². The Hall–Kier alpha value is -0.390. The summed E-state index contributed by atoms with van der Waals surface area (Å²) in [6, 6.07) is 1.96. The summed E-state index contributed by atoms with van der Waals surface area (Å²) < 4.78 is 5.86. The van der Waals surface area contributed by atoms with Crippen LogP contribution in [0.2, 0.25) is 0 Å². The Morgan fingerprint density at radius 3 is 3.07 bits per heavy atom. The van der Waals surface area contributed by atoms with Crippen molar-refractivity contribution in [1.82, 2.24) is 5.32 Å².